The van der Waals surface area contributed by atoms with Crippen LogP contribution in [0.25, 0.3) is 5.69 Å². The third-order valence-electron chi connectivity index (χ3n) is 4.69. The molecule has 0 saturated heterocycles. The molecule has 1 amide bonds. The van der Waals surface area contributed by atoms with E-state index in [0.29, 0.717) is 5.75 Å². The van der Waals surface area contributed by atoms with Gasteiger partial charge in [0.05, 0.1) is 6.21 Å². The number of aromatic nitrogens is 2. The van der Waals surface area contributed by atoms with Gasteiger partial charge in [0.1, 0.15) is 6.54 Å². The van der Waals surface area contributed by atoms with E-state index < -0.39 is 0 Å². The molecule has 0 unspecified atom stereocenters. The third-order valence-corrected chi connectivity index (χ3v) is 4.69. The van der Waals surface area contributed by atoms with E-state index >= 15 is 0 Å². The number of benzene rings is 1. The van der Waals surface area contributed by atoms with Crippen molar-refractivity contribution < 1.29 is 14.3 Å². The van der Waals surface area contributed by atoms with Crippen molar-refractivity contribution in [1.82, 2.24) is 14.6 Å². The normalized spacial score (nSPS) is 12.5. The van der Waals surface area contributed by atoms with E-state index in [1.54, 1.807) is 24.5 Å². The average Bonchev–Trinajstić information content (AvgIpc) is 3.27. The number of carbonyl (C=O) groups excluding carboxylic acids is 1. The van der Waals surface area contributed by atoms with Gasteiger partial charge in [-0.15, -0.1) is 0 Å². The molecule has 1 aliphatic rings. The van der Waals surface area contributed by atoms with Crippen LogP contribution in [0.3, 0.4) is 0 Å². The number of hydrazone groups is 1. The Morgan fingerprint density at radius 1 is 1.17 bits per heavy atom. The Hall–Kier alpha value is -3.81. The van der Waals surface area contributed by atoms with E-state index in [1.807, 2.05) is 38.1 Å². The zero-order valence-electron chi connectivity index (χ0n) is 16.1. The Morgan fingerprint density at radius 3 is 2.83 bits per heavy atom. The smallest absolute Gasteiger partial charge is 0.260 e. The first-order valence-electron chi connectivity index (χ1n) is 9.09. The fourth-order valence-corrected chi connectivity index (χ4v) is 3.30. The molecule has 1 aliphatic heterocycles. The fourth-order valence-electron chi connectivity index (χ4n) is 3.30. The lowest BCUT2D eigenvalue weighted by molar-refractivity contribution is -0.121. The number of ether oxygens (including phenoxy) is 2. The number of amides is 1. The van der Waals surface area contributed by atoms with Crippen molar-refractivity contribution >= 4 is 12.1 Å². The van der Waals surface area contributed by atoms with Gasteiger partial charge in [-0.3, -0.25) is 9.59 Å². The van der Waals surface area contributed by atoms with Crippen LogP contribution in [0, 0.1) is 13.8 Å². The second-order valence-corrected chi connectivity index (χ2v) is 6.66. The summed E-state index contributed by atoms with van der Waals surface area (Å²) in [7, 11) is 0. The molecule has 1 N–H and O–H groups in total. The largest absolute Gasteiger partial charge is 0.454 e. The molecule has 0 aliphatic carbocycles. The fraction of sp³-hybridized carbons (Fsp3) is 0.190. The molecule has 0 bridgehead atoms. The summed E-state index contributed by atoms with van der Waals surface area (Å²) in [5.74, 6) is 1.07. The Bertz CT molecular complexity index is 1160. The van der Waals surface area contributed by atoms with Crippen molar-refractivity contribution in [1.29, 1.82) is 0 Å². The van der Waals surface area contributed by atoms with Crippen molar-refractivity contribution in [2.45, 2.75) is 20.4 Å². The molecule has 0 spiro atoms. The van der Waals surface area contributed by atoms with E-state index in [1.165, 1.54) is 10.6 Å². The number of rotatable bonds is 5. The van der Waals surface area contributed by atoms with Crippen LogP contribution in [0.1, 0.15) is 17.0 Å². The first-order valence-corrected chi connectivity index (χ1v) is 9.09. The van der Waals surface area contributed by atoms with Crippen molar-refractivity contribution in [2.24, 2.45) is 5.10 Å². The van der Waals surface area contributed by atoms with Gasteiger partial charge in [-0.05, 0) is 38.1 Å². The van der Waals surface area contributed by atoms with Gasteiger partial charge in [0.2, 0.25) is 6.79 Å². The summed E-state index contributed by atoms with van der Waals surface area (Å²) in [5, 5.41) is 4.04. The molecule has 0 radical (unpaired) electrons. The van der Waals surface area contributed by atoms with E-state index in [9.17, 15) is 9.59 Å². The number of carbonyl (C=O) groups is 1. The molecular weight excluding hydrogens is 372 g/mol. The maximum absolute atomic E-state index is 12.0. The molecule has 4 rings (SSSR count). The van der Waals surface area contributed by atoms with E-state index in [4.69, 9.17) is 9.47 Å². The molecule has 3 aromatic rings. The molecule has 0 atom stereocenters. The van der Waals surface area contributed by atoms with E-state index in [-0.39, 0.29) is 24.8 Å². The number of nitrogens with one attached hydrogen (secondary N) is 1. The van der Waals surface area contributed by atoms with Gasteiger partial charge >= 0.3 is 0 Å². The van der Waals surface area contributed by atoms with Crippen molar-refractivity contribution in [2.75, 3.05) is 6.79 Å². The maximum Gasteiger partial charge on any atom is 0.260 e. The summed E-state index contributed by atoms with van der Waals surface area (Å²) >= 11 is 0. The topological polar surface area (TPSA) is 86.9 Å². The molecule has 0 fully saturated rings. The highest BCUT2D eigenvalue weighted by molar-refractivity contribution is 5.84. The minimum atomic E-state index is -0.376. The number of nitrogens with zero attached hydrogens (tertiary/aromatic N) is 3. The number of pyridine rings is 1. The predicted octanol–water partition coefficient (Wildman–Crippen LogP) is 2.13. The molecule has 0 saturated carbocycles. The van der Waals surface area contributed by atoms with Crippen LogP contribution >= 0.6 is 0 Å². The Kier molecular flexibility index (Phi) is 4.90. The van der Waals surface area contributed by atoms with Crippen molar-refractivity contribution in [3.05, 3.63) is 76.0 Å². The number of hydrogen-bond acceptors (Lipinski definition) is 5. The SMILES string of the molecule is Cc1cc(/C=N\NC(=O)Cn2ccccc2=O)c(C)n1-c1ccc2c(c1)OCO2. The minimum Gasteiger partial charge on any atom is -0.454 e. The molecular formula is C21H20N4O4. The van der Waals surface area contributed by atoms with Crippen LogP contribution in [0.4, 0.5) is 0 Å². The zero-order valence-corrected chi connectivity index (χ0v) is 16.1. The second kappa shape index (κ2) is 7.67. The van der Waals surface area contributed by atoms with E-state index in [0.717, 1.165) is 28.4 Å². The van der Waals surface area contributed by atoms with Gasteiger partial charge in [0.15, 0.2) is 11.5 Å². The lowest BCUT2D eigenvalue weighted by Gasteiger charge is -2.10. The molecule has 2 aromatic heterocycles. The van der Waals surface area contributed by atoms with Crippen LogP contribution in [0.2, 0.25) is 0 Å². The Morgan fingerprint density at radius 2 is 2.00 bits per heavy atom. The molecule has 29 heavy (non-hydrogen) atoms. The molecule has 8 heteroatoms. The molecule has 1 aromatic carbocycles. The summed E-state index contributed by atoms with van der Waals surface area (Å²) in [6.45, 7) is 4.11. The predicted molar refractivity (Wildman–Crippen MR) is 108 cm³/mol. The number of fused-ring (bicyclic) bond motifs is 1. The highest BCUT2D eigenvalue weighted by Gasteiger charge is 2.16. The van der Waals surface area contributed by atoms with Crippen LogP contribution in [-0.4, -0.2) is 28.0 Å². The van der Waals surface area contributed by atoms with Gasteiger partial charge in [-0.1, -0.05) is 6.07 Å². The third kappa shape index (κ3) is 3.77. The lowest BCUT2D eigenvalue weighted by Crippen LogP contribution is -2.29. The van der Waals surface area contributed by atoms with E-state index in [2.05, 4.69) is 15.1 Å². The van der Waals surface area contributed by atoms with Crippen LogP contribution in [0.5, 0.6) is 11.5 Å². The Labute approximate surface area is 167 Å². The van der Waals surface area contributed by atoms with Gasteiger partial charge in [-0.25, -0.2) is 5.43 Å². The summed E-state index contributed by atoms with van der Waals surface area (Å²) in [4.78, 5) is 23.7. The Balaban J connectivity index is 1.48. The van der Waals surface area contributed by atoms with Gasteiger partial charge in [0, 0.05) is 41.0 Å². The second-order valence-electron chi connectivity index (χ2n) is 6.66. The summed E-state index contributed by atoms with van der Waals surface area (Å²) in [6, 6.07) is 12.5. The molecule has 3 heterocycles. The number of aryl methyl sites for hydroxylation is 1. The van der Waals surface area contributed by atoms with Crippen molar-refractivity contribution in [3.63, 3.8) is 0 Å². The summed E-state index contributed by atoms with van der Waals surface area (Å²) in [5.41, 5.74) is 6.04. The van der Waals surface area contributed by atoms with Crippen LogP contribution in [-0.2, 0) is 11.3 Å². The highest BCUT2D eigenvalue weighted by atomic mass is 16.7. The first kappa shape index (κ1) is 18.5. The quantitative estimate of drug-likeness (QED) is 0.532. The van der Waals surface area contributed by atoms with Gasteiger partial charge < -0.3 is 18.6 Å². The van der Waals surface area contributed by atoms with Crippen LogP contribution in [0.15, 0.2) is 58.6 Å². The highest BCUT2D eigenvalue weighted by Crippen LogP contribution is 2.34. The monoisotopic (exact) mass is 392 g/mol. The standard InChI is InChI=1S/C21H20N4O4/c1-14-9-16(11-22-23-20(26)12-24-8-4-3-5-21(24)27)15(2)25(14)17-6-7-18-19(10-17)29-13-28-18/h3-11H,12-13H2,1-2H3,(H,23,26)/b22-11-. The zero-order chi connectivity index (χ0) is 20.4. The minimum absolute atomic E-state index is 0.0900. The molecule has 8 nitrogen and oxygen atoms in total. The average molecular weight is 392 g/mol. The van der Waals surface area contributed by atoms with Crippen molar-refractivity contribution in [3.8, 4) is 17.2 Å². The summed E-state index contributed by atoms with van der Waals surface area (Å²) in [6.07, 6.45) is 3.15. The summed E-state index contributed by atoms with van der Waals surface area (Å²) < 4.78 is 14.2. The maximum atomic E-state index is 12.0. The van der Waals surface area contributed by atoms with Gasteiger partial charge in [-0.2, -0.15) is 5.10 Å². The van der Waals surface area contributed by atoms with Crippen LogP contribution < -0.4 is 20.5 Å². The molecule has 148 valence electrons. The first-order chi connectivity index (χ1) is 14.0. The number of hydrogen-bond donors (Lipinski definition) is 1. The van der Waals surface area contributed by atoms with Gasteiger partial charge in [0.25, 0.3) is 11.5 Å². The lowest BCUT2D eigenvalue weighted by atomic mass is 10.2.